The molecule has 1 amide bonds. The molecular weight excluding hydrogens is 563 g/mol. The van der Waals surface area contributed by atoms with Gasteiger partial charge in [-0.1, -0.05) is 12.5 Å². The number of nitrogens with zero attached hydrogens (tertiary/aromatic N) is 4. The van der Waals surface area contributed by atoms with E-state index in [0.717, 1.165) is 17.7 Å². The number of aliphatic hydroxyl groups is 1. The van der Waals surface area contributed by atoms with E-state index in [1.54, 1.807) is 6.07 Å². The van der Waals surface area contributed by atoms with Crippen molar-refractivity contribution in [2.75, 3.05) is 12.3 Å². The number of halogens is 7. The molecule has 220 valence electrons. The molecule has 3 heterocycles. The van der Waals surface area contributed by atoms with E-state index in [1.165, 1.54) is 12.1 Å². The van der Waals surface area contributed by atoms with Gasteiger partial charge >= 0.3 is 12.4 Å². The Balaban J connectivity index is 1.62. The lowest BCUT2D eigenvalue weighted by Crippen LogP contribution is -2.42. The Kier molecular flexibility index (Phi) is 7.20. The maximum atomic E-state index is 14.4. The van der Waals surface area contributed by atoms with Gasteiger partial charge in [-0.05, 0) is 67.3 Å². The summed E-state index contributed by atoms with van der Waals surface area (Å²) in [5, 5.41) is 17.3. The van der Waals surface area contributed by atoms with Crippen LogP contribution in [0.1, 0.15) is 77.5 Å². The number of anilines is 1. The number of carbonyl (C=O) groups is 1. The second kappa shape index (κ2) is 10.3. The zero-order chi connectivity index (χ0) is 29.7. The number of pyridine rings is 1. The van der Waals surface area contributed by atoms with Crippen LogP contribution < -0.4 is 5.73 Å². The number of alkyl halides is 6. The number of rotatable bonds is 3. The number of hydrogen-bond acceptors (Lipinski definition) is 7. The Labute approximate surface area is 228 Å². The molecule has 0 radical (unpaired) electrons. The van der Waals surface area contributed by atoms with Crippen LogP contribution in [-0.4, -0.2) is 43.8 Å². The van der Waals surface area contributed by atoms with Crippen LogP contribution >= 0.6 is 0 Å². The molecule has 1 aromatic carbocycles. The first-order valence-corrected chi connectivity index (χ1v) is 12.8. The van der Waals surface area contributed by atoms with Gasteiger partial charge in [0.25, 0.3) is 17.7 Å². The number of nitrogens with two attached hydrogens (primary N) is 1. The topological polar surface area (TPSA) is 118 Å². The first kappa shape index (κ1) is 28.8. The number of aromatic nitrogens is 3. The lowest BCUT2D eigenvalue weighted by Gasteiger charge is -2.28. The molecule has 1 atom stereocenters. The van der Waals surface area contributed by atoms with Crippen molar-refractivity contribution < 1.29 is 45.1 Å². The minimum Gasteiger partial charge on any atom is -0.416 e. The molecule has 1 aliphatic carbocycles. The molecule has 1 aliphatic heterocycles. The van der Waals surface area contributed by atoms with Gasteiger partial charge in [0.1, 0.15) is 11.5 Å². The van der Waals surface area contributed by atoms with Crippen LogP contribution in [0.5, 0.6) is 0 Å². The van der Waals surface area contributed by atoms with E-state index in [-0.39, 0.29) is 38.3 Å². The molecule has 3 aromatic rings. The number of amides is 1. The van der Waals surface area contributed by atoms with Crippen LogP contribution in [0.15, 0.2) is 28.7 Å². The fraction of sp³-hybridized carbons (Fsp3) is 0.462. The van der Waals surface area contributed by atoms with E-state index >= 15 is 0 Å². The Morgan fingerprint density at radius 2 is 1.76 bits per heavy atom. The van der Waals surface area contributed by atoms with Gasteiger partial charge in [-0.15, -0.1) is 10.2 Å². The molecule has 0 saturated heterocycles. The first-order chi connectivity index (χ1) is 19.2. The molecule has 8 nitrogen and oxygen atoms in total. The van der Waals surface area contributed by atoms with E-state index in [9.17, 15) is 40.6 Å². The fourth-order valence-electron chi connectivity index (χ4n) is 4.84. The molecule has 15 heteroatoms. The Morgan fingerprint density at radius 1 is 1.02 bits per heavy atom. The molecule has 41 heavy (non-hydrogen) atoms. The monoisotopic (exact) mass is 587 g/mol. The molecule has 2 aliphatic rings. The fourth-order valence-corrected chi connectivity index (χ4v) is 4.84. The molecular formula is C26H24F7N5O3. The molecule has 1 saturated carbocycles. The summed E-state index contributed by atoms with van der Waals surface area (Å²) in [6, 6.07) is 4.62. The average Bonchev–Trinajstić information content (AvgIpc) is 3.61. The second-order valence-corrected chi connectivity index (χ2v) is 10.3. The van der Waals surface area contributed by atoms with Gasteiger partial charge in [0.15, 0.2) is 5.69 Å². The standard InChI is InChI=1S/C26H24F7N5O3/c27-16-9-13(8-15(10-16)14-4-5-14)12-38-7-3-1-2-6-24(40,26(31,32)33)23-37-36-21(41-23)20-18(34)11-17(25(28,29)30)19(35-20)22(38)39/h8-11,14,40H,1-7,12,34H2/t24-/m1/s1. The minimum atomic E-state index is -5.23. The SMILES string of the molecule is Nc1cc(C(F)(F)F)c2nc1-c1nnc(o1)[C@@](O)(C(F)(F)F)CCCCCN(Cc1cc(F)cc(C3CC3)c1)C2=O. The predicted octanol–water partition coefficient (Wildman–Crippen LogP) is 5.72. The molecule has 4 bridgehead atoms. The van der Waals surface area contributed by atoms with Crippen molar-refractivity contribution in [1.29, 1.82) is 0 Å². The highest BCUT2D eigenvalue weighted by molar-refractivity contribution is 5.95. The highest BCUT2D eigenvalue weighted by Gasteiger charge is 2.58. The third-order valence-corrected chi connectivity index (χ3v) is 7.17. The third kappa shape index (κ3) is 5.72. The summed E-state index contributed by atoms with van der Waals surface area (Å²) in [5.74, 6) is -3.61. The summed E-state index contributed by atoms with van der Waals surface area (Å²) >= 11 is 0. The maximum Gasteiger partial charge on any atom is 0.426 e. The van der Waals surface area contributed by atoms with Crippen molar-refractivity contribution in [2.45, 2.75) is 68.9 Å². The molecule has 1 fully saturated rings. The van der Waals surface area contributed by atoms with Crippen LogP contribution in [0.25, 0.3) is 11.6 Å². The molecule has 2 aromatic heterocycles. The number of hydrogen-bond donors (Lipinski definition) is 2. The number of benzene rings is 1. The van der Waals surface area contributed by atoms with Gasteiger partial charge in [0.2, 0.25) is 5.60 Å². The molecule has 3 N–H and O–H groups in total. The minimum absolute atomic E-state index is 0.0478. The number of carbonyl (C=O) groups excluding carboxylic acids is 1. The summed E-state index contributed by atoms with van der Waals surface area (Å²) in [6.45, 7) is -0.470. The van der Waals surface area contributed by atoms with E-state index in [0.29, 0.717) is 17.2 Å². The molecule has 0 spiro atoms. The van der Waals surface area contributed by atoms with Crippen molar-refractivity contribution in [2.24, 2.45) is 0 Å². The Bertz CT molecular complexity index is 1470. The maximum absolute atomic E-state index is 14.4. The largest absolute Gasteiger partial charge is 0.426 e. The normalized spacial score (nSPS) is 20.7. The van der Waals surface area contributed by atoms with Crippen molar-refractivity contribution in [3.8, 4) is 11.6 Å². The van der Waals surface area contributed by atoms with Crippen molar-refractivity contribution in [3.63, 3.8) is 0 Å². The average molecular weight is 587 g/mol. The summed E-state index contributed by atoms with van der Waals surface area (Å²) in [7, 11) is 0. The zero-order valence-electron chi connectivity index (χ0n) is 21.3. The first-order valence-electron chi connectivity index (χ1n) is 12.8. The van der Waals surface area contributed by atoms with E-state index in [1.807, 2.05) is 0 Å². The Hall–Kier alpha value is -3.75. The van der Waals surface area contributed by atoms with Crippen molar-refractivity contribution in [1.82, 2.24) is 20.1 Å². The van der Waals surface area contributed by atoms with Gasteiger partial charge in [0.05, 0.1) is 11.3 Å². The van der Waals surface area contributed by atoms with Crippen molar-refractivity contribution in [3.05, 3.63) is 58.4 Å². The van der Waals surface area contributed by atoms with Gasteiger partial charge in [-0.2, -0.15) is 26.3 Å². The Morgan fingerprint density at radius 3 is 2.41 bits per heavy atom. The van der Waals surface area contributed by atoms with E-state index < -0.39 is 70.5 Å². The third-order valence-electron chi connectivity index (χ3n) is 7.17. The van der Waals surface area contributed by atoms with Crippen molar-refractivity contribution >= 4 is 11.6 Å². The van der Waals surface area contributed by atoms with Crippen LogP contribution in [-0.2, 0) is 18.3 Å². The van der Waals surface area contributed by atoms with Gasteiger partial charge < -0.3 is 20.2 Å². The highest BCUT2D eigenvalue weighted by Crippen LogP contribution is 2.44. The molecule has 5 rings (SSSR count). The van der Waals surface area contributed by atoms with Crippen LogP contribution in [0.3, 0.4) is 0 Å². The highest BCUT2D eigenvalue weighted by atomic mass is 19.4. The second-order valence-electron chi connectivity index (χ2n) is 10.3. The van der Waals surface area contributed by atoms with E-state index in [4.69, 9.17) is 10.2 Å². The van der Waals surface area contributed by atoms with Crippen LogP contribution in [0.2, 0.25) is 0 Å². The van der Waals surface area contributed by atoms with Gasteiger partial charge in [-0.25, -0.2) is 9.37 Å². The zero-order valence-corrected chi connectivity index (χ0v) is 21.3. The quantitative estimate of drug-likeness (QED) is 0.377. The summed E-state index contributed by atoms with van der Waals surface area (Å²) in [4.78, 5) is 18.4. The molecule has 0 unspecified atom stereocenters. The predicted molar refractivity (Wildman–Crippen MR) is 128 cm³/mol. The summed E-state index contributed by atoms with van der Waals surface area (Å²) in [5.41, 5.74) is -0.686. The number of nitrogen functional groups attached to an aromatic ring is 1. The van der Waals surface area contributed by atoms with E-state index in [2.05, 4.69) is 15.2 Å². The van der Waals surface area contributed by atoms with Gasteiger partial charge in [0, 0.05) is 13.1 Å². The lowest BCUT2D eigenvalue weighted by molar-refractivity contribution is -0.277. The van der Waals surface area contributed by atoms with Crippen LogP contribution in [0, 0.1) is 5.82 Å². The van der Waals surface area contributed by atoms with Crippen LogP contribution in [0.4, 0.5) is 36.4 Å². The number of fused-ring (bicyclic) bond motifs is 5. The van der Waals surface area contributed by atoms with Gasteiger partial charge in [-0.3, -0.25) is 4.79 Å². The summed E-state index contributed by atoms with van der Waals surface area (Å²) < 4.78 is 103. The smallest absolute Gasteiger partial charge is 0.416 e. The summed E-state index contributed by atoms with van der Waals surface area (Å²) in [6.07, 6.45) is -9.55. The lowest BCUT2D eigenvalue weighted by atomic mass is 9.95.